The maximum Gasteiger partial charge on any atom is 0.247 e. The van der Waals surface area contributed by atoms with Gasteiger partial charge >= 0.3 is 0 Å². The van der Waals surface area contributed by atoms with Crippen LogP contribution in [-0.2, 0) is 16.0 Å². The van der Waals surface area contributed by atoms with E-state index >= 15 is 0 Å². The van der Waals surface area contributed by atoms with Gasteiger partial charge < -0.3 is 0 Å². The Morgan fingerprint density at radius 3 is 2.35 bits per heavy atom. The van der Waals surface area contributed by atoms with Gasteiger partial charge in [0.1, 0.15) is 5.71 Å². The Hall–Kier alpha value is -2.29. The molecule has 2 aromatic carbocycles. The van der Waals surface area contributed by atoms with Crippen LogP contribution in [-0.4, -0.2) is 17.3 Å². The van der Waals surface area contributed by atoms with Gasteiger partial charge in [-0.25, -0.2) is 0 Å². The quantitative estimate of drug-likeness (QED) is 0.693. The van der Waals surface area contributed by atoms with Crippen LogP contribution < -0.4 is 0 Å². The molecule has 0 saturated heterocycles. The topological polar surface area (TPSA) is 58.0 Å². The van der Waals surface area contributed by atoms with Crippen molar-refractivity contribution in [3.05, 3.63) is 47.5 Å². The van der Waals surface area contributed by atoms with Crippen LogP contribution >= 0.6 is 0 Å². The van der Waals surface area contributed by atoms with E-state index in [0.29, 0.717) is 5.56 Å². The molecule has 0 unspecified atom stereocenters. The molecule has 1 aliphatic rings. The van der Waals surface area contributed by atoms with Gasteiger partial charge in [-0.15, -0.1) is 0 Å². The van der Waals surface area contributed by atoms with E-state index in [2.05, 4.69) is 0 Å². The molecular weight excluding hydrogens is 214 g/mol. The molecule has 0 fully saturated rings. The Morgan fingerprint density at radius 1 is 1.00 bits per heavy atom. The summed E-state index contributed by atoms with van der Waals surface area (Å²) in [6.07, 6.45) is 0.112. The highest BCUT2D eigenvalue weighted by atomic mass is 16.2. The van der Waals surface area contributed by atoms with Crippen molar-refractivity contribution in [2.45, 2.75) is 6.42 Å². The van der Waals surface area contributed by atoms with E-state index < -0.39 is 11.6 Å². The third-order valence-corrected chi connectivity index (χ3v) is 3.07. The average molecular weight is 223 g/mol. The van der Waals surface area contributed by atoms with E-state index in [0.717, 1.165) is 16.3 Å². The molecule has 3 rings (SSSR count). The molecule has 0 radical (unpaired) electrons. The van der Waals surface area contributed by atoms with Crippen molar-refractivity contribution in [2.24, 2.45) is 0 Å². The summed E-state index contributed by atoms with van der Waals surface area (Å²) in [4.78, 5) is 22.9. The van der Waals surface area contributed by atoms with Gasteiger partial charge in [-0.05, 0) is 22.4 Å². The molecule has 0 aliphatic heterocycles. The molecule has 0 spiro atoms. The maximum atomic E-state index is 11.4. The second-order valence-corrected chi connectivity index (χ2v) is 4.16. The molecule has 1 N–H and O–H groups in total. The summed E-state index contributed by atoms with van der Waals surface area (Å²) in [6.45, 7) is 0. The highest BCUT2D eigenvalue weighted by Gasteiger charge is 2.29. The van der Waals surface area contributed by atoms with E-state index in [1.54, 1.807) is 0 Å². The van der Waals surface area contributed by atoms with E-state index in [4.69, 9.17) is 5.41 Å². The minimum Gasteiger partial charge on any atom is -0.296 e. The minimum absolute atomic E-state index is 0.112. The highest BCUT2D eigenvalue weighted by molar-refractivity contribution is 6.69. The Bertz CT molecular complexity index is 686. The Morgan fingerprint density at radius 2 is 1.65 bits per heavy atom. The summed E-state index contributed by atoms with van der Waals surface area (Å²) in [5.74, 6) is -1.16. The summed E-state index contributed by atoms with van der Waals surface area (Å²) < 4.78 is 0. The molecule has 2 aromatic rings. The number of Topliss-reactive ketones (excluding diaryl/α,β-unsaturated/α-hetero) is 2. The van der Waals surface area contributed by atoms with E-state index in [-0.39, 0.29) is 12.1 Å². The predicted octanol–water partition coefficient (Wildman–Crippen LogP) is 1.90. The lowest BCUT2D eigenvalue weighted by Gasteiger charge is -2.15. The van der Waals surface area contributed by atoms with Crippen LogP contribution in [0.15, 0.2) is 36.4 Å². The van der Waals surface area contributed by atoms with Gasteiger partial charge in [-0.3, -0.25) is 15.0 Å². The van der Waals surface area contributed by atoms with Crippen molar-refractivity contribution in [2.75, 3.05) is 0 Å². The lowest BCUT2D eigenvalue weighted by molar-refractivity contribution is -0.132. The van der Waals surface area contributed by atoms with Crippen molar-refractivity contribution >= 4 is 28.1 Å². The molecule has 17 heavy (non-hydrogen) atoms. The third kappa shape index (κ3) is 1.40. The monoisotopic (exact) mass is 223 g/mol. The molecule has 0 saturated carbocycles. The van der Waals surface area contributed by atoms with Gasteiger partial charge in [0.25, 0.3) is 0 Å². The summed E-state index contributed by atoms with van der Waals surface area (Å²) >= 11 is 0. The van der Waals surface area contributed by atoms with Gasteiger partial charge in [0.15, 0.2) is 0 Å². The van der Waals surface area contributed by atoms with E-state index in [9.17, 15) is 9.59 Å². The number of hydrogen-bond acceptors (Lipinski definition) is 3. The van der Waals surface area contributed by atoms with Gasteiger partial charge in [0.05, 0.1) is 0 Å². The zero-order valence-corrected chi connectivity index (χ0v) is 8.99. The fourth-order valence-electron chi connectivity index (χ4n) is 2.18. The molecule has 0 amide bonds. The number of carbonyl (C=O) groups is 2. The maximum absolute atomic E-state index is 11.4. The fourth-order valence-corrected chi connectivity index (χ4v) is 2.18. The van der Waals surface area contributed by atoms with Crippen molar-refractivity contribution in [1.29, 1.82) is 5.41 Å². The molecule has 3 heteroatoms. The van der Waals surface area contributed by atoms with Gasteiger partial charge in [-0.1, -0.05) is 30.3 Å². The van der Waals surface area contributed by atoms with E-state index in [1.807, 2.05) is 36.4 Å². The van der Waals surface area contributed by atoms with Crippen LogP contribution in [0.3, 0.4) is 0 Å². The highest BCUT2D eigenvalue weighted by Crippen LogP contribution is 2.24. The lowest BCUT2D eigenvalue weighted by Crippen LogP contribution is -2.31. The Labute approximate surface area is 97.6 Å². The van der Waals surface area contributed by atoms with Crippen molar-refractivity contribution < 1.29 is 9.59 Å². The summed E-state index contributed by atoms with van der Waals surface area (Å²) in [5, 5.41) is 9.73. The summed E-state index contributed by atoms with van der Waals surface area (Å²) in [5.41, 5.74) is 1.19. The van der Waals surface area contributed by atoms with Crippen LogP contribution in [0.4, 0.5) is 0 Å². The van der Waals surface area contributed by atoms with Gasteiger partial charge in [0, 0.05) is 12.0 Å². The van der Waals surface area contributed by atoms with E-state index in [1.165, 1.54) is 0 Å². The summed E-state index contributed by atoms with van der Waals surface area (Å²) in [7, 11) is 0. The number of hydrogen-bond donors (Lipinski definition) is 1. The smallest absolute Gasteiger partial charge is 0.247 e. The molecule has 82 valence electrons. The first kappa shape index (κ1) is 9.90. The molecule has 3 nitrogen and oxygen atoms in total. The number of ketones is 2. The number of carbonyl (C=O) groups excluding carboxylic acids is 2. The van der Waals surface area contributed by atoms with Gasteiger partial charge in [0.2, 0.25) is 11.6 Å². The van der Waals surface area contributed by atoms with Crippen molar-refractivity contribution in [1.82, 2.24) is 0 Å². The Balaban J connectivity index is 2.32. The average Bonchev–Trinajstić information content (AvgIpc) is 2.34. The largest absolute Gasteiger partial charge is 0.296 e. The van der Waals surface area contributed by atoms with Crippen molar-refractivity contribution in [3.63, 3.8) is 0 Å². The second-order valence-electron chi connectivity index (χ2n) is 4.16. The molecule has 0 atom stereocenters. The molecule has 0 bridgehead atoms. The molecular formula is C14H9NO2. The number of fused-ring (bicyclic) bond motifs is 2. The molecule has 0 heterocycles. The normalized spacial score (nSPS) is 15.2. The Kier molecular flexibility index (Phi) is 1.95. The summed E-state index contributed by atoms with van der Waals surface area (Å²) in [6, 6.07) is 11.4. The standard InChI is InChI=1S/C14H9NO2/c15-13-11-6-9-4-2-1-3-8(9)5-10(11)7-12(16)14(13)17/h1-6,15H,7H2. The zero-order valence-electron chi connectivity index (χ0n) is 8.99. The predicted molar refractivity (Wildman–Crippen MR) is 64.5 cm³/mol. The zero-order chi connectivity index (χ0) is 12.0. The van der Waals surface area contributed by atoms with Crippen molar-refractivity contribution in [3.8, 4) is 0 Å². The number of benzene rings is 2. The van der Waals surface area contributed by atoms with Crippen LogP contribution in [0.25, 0.3) is 10.8 Å². The first-order valence-electron chi connectivity index (χ1n) is 5.35. The molecule has 0 aromatic heterocycles. The molecule has 1 aliphatic carbocycles. The SMILES string of the molecule is N=C1C(=O)C(=O)Cc2cc3ccccc3cc21. The van der Waals surface area contributed by atoms with Crippen LogP contribution in [0.1, 0.15) is 11.1 Å². The first-order chi connectivity index (χ1) is 8.16. The van der Waals surface area contributed by atoms with Gasteiger partial charge in [-0.2, -0.15) is 0 Å². The van der Waals surface area contributed by atoms with Crippen LogP contribution in [0.5, 0.6) is 0 Å². The number of rotatable bonds is 0. The number of nitrogens with one attached hydrogen (secondary N) is 1. The lowest BCUT2D eigenvalue weighted by atomic mass is 9.86. The second kappa shape index (κ2) is 3.35. The first-order valence-corrected chi connectivity index (χ1v) is 5.35. The van der Waals surface area contributed by atoms with Crippen LogP contribution in [0, 0.1) is 5.41 Å². The third-order valence-electron chi connectivity index (χ3n) is 3.07. The van der Waals surface area contributed by atoms with Crippen LogP contribution in [0.2, 0.25) is 0 Å². The minimum atomic E-state index is -0.673. The fraction of sp³-hybridized carbons (Fsp3) is 0.0714.